The lowest BCUT2D eigenvalue weighted by atomic mass is 9.47. The molecule has 4 bridgehead atoms. The first-order chi connectivity index (χ1) is 8.09. The summed E-state index contributed by atoms with van der Waals surface area (Å²) < 4.78 is 0. The largest absolute Gasteiger partial charge is 0.392 e. The minimum absolute atomic E-state index is 0. The van der Waals surface area contributed by atoms with Gasteiger partial charge in [0.15, 0.2) is 0 Å². The zero-order valence-corrected chi connectivity index (χ0v) is 12.6. The molecule has 4 saturated carbocycles. The van der Waals surface area contributed by atoms with Gasteiger partial charge in [0.1, 0.15) is 0 Å². The first-order valence-corrected chi connectivity index (χ1v) is 7.42. The van der Waals surface area contributed by atoms with E-state index in [0.717, 1.165) is 11.8 Å². The predicted molar refractivity (Wildman–Crippen MR) is 77.0 cm³/mol. The highest BCUT2D eigenvalue weighted by Gasteiger charge is 2.55. The van der Waals surface area contributed by atoms with Crippen LogP contribution in [0.3, 0.4) is 0 Å². The maximum Gasteiger partial charge on any atom is 0.0624 e. The van der Waals surface area contributed by atoms with Gasteiger partial charge in [-0.2, -0.15) is 0 Å². The van der Waals surface area contributed by atoms with Crippen LogP contribution in [0.2, 0.25) is 0 Å². The molecular formula is C15H28ClNO. The van der Waals surface area contributed by atoms with Crippen LogP contribution in [-0.4, -0.2) is 36.8 Å². The molecule has 0 aliphatic heterocycles. The van der Waals surface area contributed by atoms with E-state index in [2.05, 4.69) is 19.0 Å². The quantitative estimate of drug-likeness (QED) is 0.851. The molecule has 106 valence electrons. The summed E-state index contributed by atoms with van der Waals surface area (Å²) in [6, 6.07) is 0. The zero-order valence-electron chi connectivity index (χ0n) is 11.8. The van der Waals surface area contributed by atoms with Crippen molar-refractivity contribution in [1.82, 2.24) is 4.90 Å². The van der Waals surface area contributed by atoms with Crippen LogP contribution in [-0.2, 0) is 0 Å². The Kier molecular flexibility index (Phi) is 4.30. The van der Waals surface area contributed by atoms with Crippen molar-refractivity contribution in [3.05, 3.63) is 0 Å². The molecule has 0 amide bonds. The lowest BCUT2D eigenvalue weighted by Crippen LogP contribution is -2.55. The van der Waals surface area contributed by atoms with E-state index < -0.39 is 0 Å². The molecule has 4 aliphatic rings. The van der Waals surface area contributed by atoms with Gasteiger partial charge in [-0.3, -0.25) is 0 Å². The van der Waals surface area contributed by atoms with Crippen molar-refractivity contribution in [2.75, 3.05) is 20.6 Å². The van der Waals surface area contributed by atoms with Crippen molar-refractivity contribution in [2.24, 2.45) is 23.2 Å². The average Bonchev–Trinajstić information content (AvgIpc) is 2.24. The minimum atomic E-state index is 0. The lowest BCUT2D eigenvalue weighted by Gasteiger charge is -2.60. The Bertz CT molecular complexity index is 280. The van der Waals surface area contributed by atoms with E-state index >= 15 is 0 Å². The van der Waals surface area contributed by atoms with Crippen LogP contribution in [0.1, 0.15) is 44.9 Å². The summed E-state index contributed by atoms with van der Waals surface area (Å²) >= 11 is 0. The Morgan fingerprint density at radius 3 is 2.28 bits per heavy atom. The fourth-order valence-corrected chi connectivity index (χ4v) is 5.28. The van der Waals surface area contributed by atoms with Crippen molar-refractivity contribution < 1.29 is 5.11 Å². The van der Waals surface area contributed by atoms with Crippen LogP contribution in [0.25, 0.3) is 0 Å². The van der Waals surface area contributed by atoms with Crippen LogP contribution in [0.4, 0.5) is 0 Å². The van der Waals surface area contributed by atoms with Gasteiger partial charge in [0, 0.05) is 0 Å². The van der Waals surface area contributed by atoms with Crippen LogP contribution < -0.4 is 0 Å². The fraction of sp³-hybridized carbons (Fsp3) is 1.00. The van der Waals surface area contributed by atoms with Gasteiger partial charge < -0.3 is 10.0 Å². The normalized spacial score (nSPS) is 45.3. The summed E-state index contributed by atoms with van der Waals surface area (Å²) in [7, 11) is 4.30. The molecule has 4 aliphatic carbocycles. The third-order valence-corrected chi connectivity index (χ3v) is 5.68. The summed E-state index contributed by atoms with van der Waals surface area (Å²) in [5.41, 5.74) is 0.324. The zero-order chi connectivity index (χ0) is 12.0. The highest BCUT2D eigenvalue weighted by Crippen LogP contribution is 2.61. The molecule has 1 N–H and O–H groups in total. The Balaban J connectivity index is 0.00000120. The van der Waals surface area contributed by atoms with Gasteiger partial charge in [-0.25, -0.2) is 0 Å². The van der Waals surface area contributed by atoms with Crippen LogP contribution in [0, 0.1) is 23.2 Å². The second kappa shape index (κ2) is 5.30. The molecule has 2 unspecified atom stereocenters. The van der Waals surface area contributed by atoms with Gasteiger partial charge in [-0.05, 0) is 88.8 Å². The third-order valence-electron chi connectivity index (χ3n) is 5.68. The SMILES string of the molecule is CN(C)CCCC12C[C@@H]3CC(C[C@@H](C3)C1)[C@H]2O.Cl. The Morgan fingerprint density at radius 2 is 1.72 bits per heavy atom. The second-order valence-corrected chi connectivity index (χ2v) is 7.32. The Hall–Kier alpha value is 0.210. The van der Waals surface area contributed by atoms with E-state index in [9.17, 15) is 5.11 Å². The van der Waals surface area contributed by atoms with Crippen LogP contribution in [0.15, 0.2) is 0 Å². The summed E-state index contributed by atoms with van der Waals surface area (Å²) in [6.07, 6.45) is 9.33. The van der Waals surface area contributed by atoms with E-state index in [-0.39, 0.29) is 18.5 Å². The topological polar surface area (TPSA) is 23.5 Å². The number of hydrogen-bond acceptors (Lipinski definition) is 2. The number of aliphatic hydroxyl groups excluding tert-OH is 1. The van der Waals surface area contributed by atoms with Crippen LogP contribution >= 0.6 is 12.4 Å². The maximum atomic E-state index is 10.6. The van der Waals surface area contributed by atoms with Gasteiger partial charge in [0.25, 0.3) is 0 Å². The summed E-state index contributed by atoms with van der Waals surface area (Å²) in [4.78, 5) is 2.27. The molecule has 0 saturated heterocycles. The second-order valence-electron chi connectivity index (χ2n) is 7.32. The standard InChI is InChI=1S/C15H27NO.ClH/c1-16(2)5-3-4-15-9-11-6-12(10-15)8-13(7-11)14(15)17;/h11-14,17H,3-10H2,1-2H3;1H/t11-,12+,13?,14-,15?;/m1./s1. The number of hydrogen-bond donors (Lipinski definition) is 1. The van der Waals surface area contributed by atoms with Crippen molar-refractivity contribution >= 4 is 12.4 Å². The molecule has 5 atom stereocenters. The molecule has 0 spiro atoms. The highest BCUT2D eigenvalue weighted by molar-refractivity contribution is 5.85. The van der Waals surface area contributed by atoms with E-state index in [1.54, 1.807) is 0 Å². The molecule has 18 heavy (non-hydrogen) atoms. The Labute approximate surface area is 118 Å². The number of aliphatic hydroxyl groups is 1. The molecule has 2 nitrogen and oxygen atoms in total. The van der Waals surface area contributed by atoms with Crippen molar-refractivity contribution in [3.63, 3.8) is 0 Å². The molecule has 0 heterocycles. The van der Waals surface area contributed by atoms with Crippen molar-refractivity contribution in [2.45, 2.75) is 51.0 Å². The first kappa shape index (κ1) is 14.6. The smallest absolute Gasteiger partial charge is 0.0624 e. The molecule has 0 aromatic heterocycles. The average molecular weight is 274 g/mol. The van der Waals surface area contributed by atoms with Crippen LogP contribution in [0.5, 0.6) is 0 Å². The number of rotatable bonds is 4. The summed E-state index contributed by atoms with van der Waals surface area (Å²) in [6.45, 7) is 1.18. The monoisotopic (exact) mass is 273 g/mol. The Morgan fingerprint density at radius 1 is 1.11 bits per heavy atom. The van der Waals surface area contributed by atoms with Gasteiger partial charge in [-0.15, -0.1) is 12.4 Å². The molecule has 0 aromatic carbocycles. The third kappa shape index (κ3) is 2.44. The molecule has 4 fully saturated rings. The van der Waals surface area contributed by atoms with E-state index in [1.807, 2.05) is 0 Å². The first-order valence-electron chi connectivity index (χ1n) is 7.42. The van der Waals surface area contributed by atoms with Crippen molar-refractivity contribution in [1.29, 1.82) is 0 Å². The molecular weight excluding hydrogens is 246 g/mol. The predicted octanol–water partition coefficient (Wildman–Crippen LogP) is 2.94. The summed E-state index contributed by atoms with van der Waals surface area (Å²) in [5.74, 6) is 2.56. The minimum Gasteiger partial charge on any atom is -0.392 e. The highest BCUT2D eigenvalue weighted by atomic mass is 35.5. The molecule has 0 radical (unpaired) electrons. The maximum absolute atomic E-state index is 10.6. The van der Waals surface area contributed by atoms with Gasteiger partial charge >= 0.3 is 0 Å². The summed E-state index contributed by atoms with van der Waals surface area (Å²) in [5, 5.41) is 10.6. The van der Waals surface area contributed by atoms with Gasteiger partial charge in [0.05, 0.1) is 6.10 Å². The van der Waals surface area contributed by atoms with E-state index in [1.165, 1.54) is 51.5 Å². The molecule has 4 rings (SSSR count). The fourth-order valence-electron chi connectivity index (χ4n) is 5.28. The number of halogens is 1. The van der Waals surface area contributed by atoms with E-state index in [4.69, 9.17) is 0 Å². The van der Waals surface area contributed by atoms with Gasteiger partial charge in [0.2, 0.25) is 0 Å². The lowest BCUT2D eigenvalue weighted by molar-refractivity contribution is -0.159. The van der Waals surface area contributed by atoms with E-state index in [0.29, 0.717) is 11.3 Å². The number of nitrogens with zero attached hydrogens (tertiary/aromatic N) is 1. The van der Waals surface area contributed by atoms with Gasteiger partial charge in [-0.1, -0.05) is 0 Å². The van der Waals surface area contributed by atoms with Crippen molar-refractivity contribution in [3.8, 4) is 0 Å². The molecule has 3 heteroatoms. The molecule has 0 aromatic rings.